The first-order valence-electron chi connectivity index (χ1n) is 6.86. The zero-order chi connectivity index (χ0) is 16.5. The van der Waals surface area contributed by atoms with Crippen LogP contribution in [0.1, 0.15) is 13.8 Å². The molecule has 1 aromatic carbocycles. The van der Waals surface area contributed by atoms with Crippen LogP contribution in [0.3, 0.4) is 0 Å². The molecule has 0 spiro atoms. The largest absolute Gasteiger partial charge is 0.495 e. The minimum atomic E-state index is -3.73. The molecule has 0 unspecified atom stereocenters. The van der Waals surface area contributed by atoms with Crippen LogP contribution in [0.2, 0.25) is 5.02 Å². The molecule has 1 heterocycles. The van der Waals surface area contributed by atoms with E-state index in [2.05, 4.69) is 0 Å². The first-order valence-corrected chi connectivity index (χ1v) is 8.68. The van der Waals surface area contributed by atoms with Gasteiger partial charge < -0.3 is 14.2 Å². The van der Waals surface area contributed by atoms with Crippen molar-refractivity contribution >= 4 is 21.6 Å². The quantitative estimate of drug-likeness (QED) is 0.833. The van der Waals surface area contributed by atoms with Crippen LogP contribution in [0, 0.1) is 0 Å². The zero-order valence-corrected chi connectivity index (χ0v) is 14.6. The molecule has 1 saturated heterocycles. The maximum absolute atomic E-state index is 12.9. The molecule has 1 fully saturated rings. The number of ether oxygens (including phenoxy) is 3. The van der Waals surface area contributed by atoms with Gasteiger partial charge in [0.1, 0.15) is 16.4 Å². The van der Waals surface area contributed by atoms with Crippen molar-refractivity contribution in [2.75, 3.05) is 27.3 Å². The lowest BCUT2D eigenvalue weighted by molar-refractivity contribution is -0.0441. The third-order valence-electron chi connectivity index (χ3n) is 3.44. The van der Waals surface area contributed by atoms with Gasteiger partial charge in [0, 0.05) is 25.2 Å². The fraction of sp³-hybridized carbons (Fsp3) is 0.571. The van der Waals surface area contributed by atoms with Crippen LogP contribution in [0.4, 0.5) is 0 Å². The van der Waals surface area contributed by atoms with Crippen molar-refractivity contribution in [1.29, 1.82) is 0 Å². The molecule has 1 aromatic rings. The Balaban J connectivity index is 2.48. The molecule has 0 bridgehead atoms. The molecule has 124 valence electrons. The minimum absolute atomic E-state index is 0.0394. The molecule has 0 saturated carbocycles. The normalized spacial score (nSPS) is 23.3. The number of hydrogen-bond acceptors (Lipinski definition) is 5. The van der Waals surface area contributed by atoms with Gasteiger partial charge in [-0.3, -0.25) is 0 Å². The first-order chi connectivity index (χ1) is 10.3. The van der Waals surface area contributed by atoms with Crippen LogP contribution >= 0.6 is 11.6 Å². The standard InChI is InChI=1S/C14H20ClNO5S/c1-9-7-16(8-10(2)21-9)22(17,18)14-6-12(19-3)11(15)5-13(14)20-4/h5-6,9-10H,7-8H2,1-4H3/t9-,10-/m0/s1. The van der Waals surface area contributed by atoms with Gasteiger partial charge in [-0.15, -0.1) is 0 Å². The van der Waals surface area contributed by atoms with Crippen LogP contribution in [-0.2, 0) is 14.8 Å². The summed E-state index contributed by atoms with van der Waals surface area (Å²) in [6, 6.07) is 2.84. The van der Waals surface area contributed by atoms with E-state index in [0.29, 0.717) is 18.1 Å². The number of methoxy groups -OCH3 is 2. The van der Waals surface area contributed by atoms with Crippen molar-refractivity contribution in [2.45, 2.75) is 31.0 Å². The lowest BCUT2D eigenvalue weighted by Gasteiger charge is -2.34. The van der Waals surface area contributed by atoms with Gasteiger partial charge in [-0.1, -0.05) is 11.6 Å². The Kier molecular flexibility index (Phi) is 5.21. The van der Waals surface area contributed by atoms with E-state index in [1.807, 2.05) is 13.8 Å². The molecule has 0 N–H and O–H groups in total. The minimum Gasteiger partial charge on any atom is -0.495 e. The average molecular weight is 350 g/mol. The fourth-order valence-electron chi connectivity index (χ4n) is 2.50. The number of sulfonamides is 1. The third-order valence-corrected chi connectivity index (χ3v) is 5.59. The monoisotopic (exact) mass is 349 g/mol. The summed E-state index contributed by atoms with van der Waals surface area (Å²) in [5, 5.41) is 0.294. The van der Waals surface area contributed by atoms with Crippen molar-refractivity contribution in [3.05, 3.63) is 17.2 Å². The van der Waals surface area contributed by atoms with Crippen LogP contribution in [0.5, 0.6) is 11.5 Å². The molecule has 8 heteroatoms. The smallest absolute Gasteiger partial charge is 0.247 e. The average Bonchev–Trinajstić information content (AvgIpc) is 2.45. The van der Waals surface area contributed by atoms with Gasteiger partial charge in [0.15, 0.2) is 0 Å². The predicted octanol–water partition coefficient (Wildman–Crippen LogP) is 2.16. The summed E-state index contributed by atoms with van der Waals surface area (Å²) >= 11 is 6.03. The summed E-state index contributed by atoms with van der Waals surface area (Å²) in [7, 11) is -0.892. The zero-order valence-electron chi connectivity index (χ0n) is 13.0. The van der Waals surface area contributed by atoms with Crippen LogP contribution in [0.25, 0.3) is 0 Å². The van der Waals surface area contributed by atoms with E-state index in [4.69, 9.17) is 25.8 Å². The van der Waals surface area contributed by atoms with Crippen molar-refractivity contribution in [3.8, 4) is 11.5 Å². The molecule has 0 aromatic heterocycles. The van der Waals surface area contributed by atoms with Gasteiger partial charge >= 0.3 is 0 Å². The highest BCUT2D eigenvalue weighted by Crippen LogP contribution is 2.37. The Labute approximate surface area is 136 Å². The first kappa shape index (κ1) is 17.3. The fourth-order valence-corrected chi connectivity index (χ4v) is 4.47. The van der Waals surface area contributed by atoms with Gasteiger partial charge in [-0.25, -0.2) is 8.42 Å². The second kappa shape index (κ2) is 6.62. The highest BCUT2D eigenvalue weighted by atomic mass is 35.5. The molecule has 0 amide bonds. The number of rotatable bonds is 4. The van der Waals surface area contributed by atoms with E-state index in [9.17, 15) is 8.42 Å². The Morgan fingerprint density at radius 3 is 2.18 bits per heavy atom. The van der Waals surface area contributed by atoms with E-state index >= 15 is 0 Å². The highest BCUT2D eigenvalue weighted by molar-refractivity contribution is 7.89. The number of benzene rings is 1. The molecule has 6 nitrogen and oxygen atoms in total. The maximum atomic E-state index is 12.9. The third kappa shape index (κ3) is 3.32. The second-order valence-electron chi connectivity index (χ2n) is 5.22. The van der Waals surface area contributed by atoms with Crippen molar-refractivity contribution in [3.63, 3.8) is 0 Å². The SMILES string of the molecule is COc1cc(S(=O)(=O)N2C[C@H](C)O[C@@H](C)C2)c(OC)cc1Cl. The number of nitrogens with zero attached hydrogens (tertiary/aromatic N) is 1. The summed E-state index contributed by atoms with van der Waals surface area (Å²) < 4.78 is 43.1. The molecule has 2 rings (SSSR count). The topological polar surface area (TPSA) is 65.1 Å². The van der Waals surface area contributed by atoms with Gasteiger partial charge in [0.05, 0.1) is 31.5 Å². The molecule has 0 radical (unpaired) electrons. The number of morpholine rings is 1. The Hall–Kier alpha value is -1.02. The molecular formula is C14H20ClNO5S. The van der Waals surface area contributed by atoms with E-state index in [1.165, 1.54) is 30.7 Å². The van der Waals surface area contributed by atoms with Crippen molar-refractivity contribution in [2.24, 2.45) is 0 Å². The number of halogens is 1. The molecule has 0 aliphatic carbocycles. The molecule has 2 atom stereocenters. The molecule has 22 heavy (non-hydrogen) atoms. The highest BCUT2D eigenvalue weighted by Gasteiger charge is 2.34. The van der Waals surface area contributed by atoms with E-state index in [0.717, 1.165) is 0 Å². The van der Waals surface area contributed by atoms with Crippen LogP contribution in [0.15, 0.2) is 17.0 Å². The predicted molar refractivity (Wildman–Crippen MR) is 83.3 cm³/mol. The number of hydrogen-bond donors (Lipinski definition) is 0. The Morgan fingerprint density at radius 2 is 1.68 bits per heavy atom. The second-order valence-corrected chi connectivity index (χ2v) is 7.53. The summed E-state index contributed by atoms with van der Waals surface area (Å²) in [5.74, 6) is 0.480. The van der Waals surface area contributed by atoms with Gasteiger partial charge in [-0.2, -0.15) is 4.31 Å². The molecular weight excluding hydrogens is 330 g/mol. The van der Waals surface area contributed by atoms with Gasteiger partial charge in [0.25, 0.3) is 0 Å². The Bertz CT molecular complexity index is 639. The van der Waals surface area contributed by atoms with E-state index in [1.54, 1.807) is 0 Å². The van der Waals surface area contributed by atoms with E-state index in [-0.39, 0.29) is 28.6 Å². The van der Waals surface area contributed by atoms with Crippen LogP contribution in [-0.4, -0.2) is 52.2 Å². The summed E-state index contributed by atoms with van der Waals surface area (Å²) in [5.41, 5.74) is 0. The lowest BCUT2D eigenvalue weighted by atomic mass is 10.3. The Morgan fingerprint density at radius 1 is 1.14 bits per heavy atom. The van der Waals surface area contributed by atoms with Gasteiger partial charge in [0.2, 0.25) is 10.0 Å². The summed E-state index contributed by atoms with van der Waals surface area (Å²) in [4.78, 5) is 0.0394. The summed E-state index contributed by atoms with van der Waals surface area (Å²) in [6.07, 6.45) is -0.336. The van der Waals surface area contributed by atoms with Gasteiger partial charge in [-0.05, 0) is 13.8 Å². The van der Waals surface area contributed by atoms with Crippen LogP contribution < -0.4 is 9.47 Å². The lowest BCUT2D eigenvalue weighted by Crippen LogP contribution is -2.48. The van der Waals surface area contributed by atoms with Crippen molar-refractivity contribution in [1.82, 2.24) is 4.31 Å². The molecule has 1 aliphatic heterocycles. The van der Waals surface area contributed by atoms with E-state index < -0.39 is 10.0 Å². The maximum Gasteiger partial charge on any atom is 0.247 e. The van der Waals surface area contributed by atoms with Crippen molar-refractivity contribution < 1.29 is 22.6 Å². The molecule has 1 aliphatic rings. The summed E-state index contributed by atoms with van der Waals surface area (Å²) in [6.45, 7) is 4.28.